The highest BCUT2D eigenvalue weighted by atomic mass is 32.1. The van der Waals surface area contributed by atoms with Crippen LogP contribution >= 0.6 is 11.3 Å². The monoisotopic (exact) mass is 296 g/mol. The van der Waals surface area contributed by atoms with Crippen molar-refractivity contribution in [3.05, 3.63) is 22.4 Å². The van der Waals surface area contributed by atoms with Crippen molar-refractivity contribution < 1.29 is 14.7 Å². The van der Waals surface area contributed by atoms with Gasteiger partial charge in [-0.15, -0.1) is 11.3 Å². The molecule has 0 bridgehead atoms. The minimum absolute atomic E-state index is 0.0402. The lowest BCUT2D eigenvalue weighted by Gasteiger charge is -2.41. The molecule has 1 aromatic heterocycles. The molecule has 110 valence electrons. The second kappa shape index (κ2) is 6.26. The highest BCUT2D eigenvalue weighted by Gasteiger charge is 2.37. The first-order valence-corrected chi connectivity index (χ1v) is 7.72. The molecular formula is C14H20N2O3S. The quantitative estimate of drug-likeness (QED) is 0.877. The molecule has 5 nitrogen and oxygen atoms in total. The summed E-state index contributed by atoms with van der Waals surface area (Å²) in [7, 11) is 0. The van der Waals surface area contributed by atoms with Crippen LogP contribution in [0.3, 0.4) is 0 Å². The molecule has 2 heterocycles. The number of aliphatic carboxylic acids is 1. The topological polar surface area (TPSA) is 69.6 Å². The SMILES string of the molecule is CCC(NC(=O)N1CC(C(C)C(=O)O)C1)c1cccs1. The van der Waals surface area contributed by atoms with Gasteiger partial charge in [-0.25, -0.2) is 4.79 Å². The van der Waals surface area contributed by atoms with Crippen molar-refractivity contribution >= 4 is 23.3 Å². The van der Waals surface area contributed by atoms with E-state index in [0.29, 0.717) is 13.1 Å². The van der Waals surface area contributed by atoms with E-state index >= 15 is 0 Å². The lowest BCUT2D eigenvalue weighted by Crippen LogP contribution is -2.56. The zero-order valence-electron chi connectivity index (χ0n) is 11.7. The number of thiophene rings is 1. The molecule has 0 aliphatic carbocycles. The van der Waals surface area contributed by atoms with Crippen LogP contribution in [0.2, 0.25) is 0 Å². The number of amides is 2. The van der Waals surface area contributed by atoms with Crippen LogP contribution in [0, 0.1) is 11.8 Å². The van der Waals surface area contributed by atoms with E-state index in [-0.39, 0.29) is 18.0 Å². The van der Waals surface area contributed by atoms with Crippen LogP contribution in [0.4, 0.5) is 4.79 Å². The molecule has 1 aromatic rings. The predicted octanol–water partition coefficient (Wildman–Crippen LogP) is 2.56. The third-order valence-corrected chi connectivity index (χ3v) is 4.87. The summed E-state index contributed by atoms with van der Waals surface area (Å²) in [5.74, 6) is -1.11. The zero-order valence-corrected chi connectivity index (χ0v) is 12.5. The van der Waals surface area contributed by atoms with Gasteiger partial charge in [-0.05, 0) is 17.9 Å². The molecule has 6 heteroatoms. The van der Waals surface area contributed by atoms with Crippen molar-refractivity contribution in [2.45, 2.75) is 26.3 Å². The second-order valence-corrected chi connectivity index (χ2v) is 6.20. The van der Waals surface area contributed by atoms with E-state index in [1.165, 1.54) is 0 Å². The summed E-state index contributed by atoms with van der Waals surface area (Å²) < 4.78 is 0. The predicted molar refractivity (Wildman–Crippen MR) is 77.7 cm³/mol. The van der Waals surface area contributed by atoms with Gasteiger partial charge in [0, 0.05) is 23.9 Å². The third kappa shape index (κ3) is 3.12. The second-order valence-electron chi connectivity index (χ2n) is 5.22. The first kappa shape index (κ1) is 14.8. The van der Waals surface area contributed by atoms with Crippen molar-refractivity contribution in [1.82, 2.24) is 10.2 Å². The molecule has 2 rings (SSSR count). The molecule has 20 heavy (non-hydrogen) atoms. The molecule has 0 saturated carbocycles. The summed E-state index contributed by atoms with van der Waals surface area (Å²) in [6.45, 7) is 4.79. The molecule has 0 spiro atoms. The number of urea groups is 1. The number of rotatable bonds is 5. The lowest BCUT2D eigenvalue weighted by atomic mass is 9.87. The first-order chi connectivity index (χ1) is 9.52. The maximum Gasteiger partial charge on any atom is 0.317 e. The molecule has 1 saturated heterocycles. The highest BCUT2D eigenvalue weighted by molar-refractivity contribution is 7.10. The number of hydrogen-bond donors (Lipinski definition) is 2. The zero-order chi connectivity index (χ0) is 14.7. The van der Waals surface area contributed by atoms with Gasteiger partial charge in [0.25, 0.3) is 0 Å². The number of nitrogens with one attached hydrogen (secondary N) is 1. The van der Waals surface area contributed by atoms with E-state index in [1.54, 1.807) is 23.2 Å². The van der Waals surface area contributed by atoms with Gasteiger partial charge in [0.05, 0.1) is 12.0 Å². The van der Waals surface area contributed by atoms with E-state index < -0.39 is 11.9 Å². The van der Waals surface area contributed by atoms with E-state index in [4.69, 9.17) is 5.11 Å². The fourth-order valence-corrected chi connectivity index (χ4v) is 3.16. The van der Waals surface area contributed by atoms with Crippen LogP contribution in [0.15, 0.2) is 17.5 Å². The minimum atomic E-state index is -0.792. The normalized spacial score (nSPS) is 18.2. The largest absolute Gasteiger partial charge is 0.481 e. The van der Waals surface area contributed by atoms with Gasteiger partial charge in [0.2, 0.25) is 0 Å². The third-order valence-electron chi connectivity index (χ3n) is 3.89. The molecule has 0 aromatic carbocycles. The summed E-state index contributed by atoms with van der Waals surface area (Å²) in [6.07, 6.45) is 0.842. The Bertz CT molecular complexity index is 469. The van der Waals surface area contributed by atoms with Crippen LogP contribution in [-0.4, -0.2) is 35.1 Å². The number of nitrogens with zero attached hydrogens (tertiary/aromatic N) is 1. The average Bonchev–Trinajstić information content (AvgIpc) is 2.87. The summed E-state index contributed by atoms with van der Waals surface area (Å²) in [5.41, 5.74) is 0. The van der Waals surface area contributed by atoms with E-state index in [1.807, 2.05) is 24.4 Å². The first-order valence-electron chi connectivity index (χ1n) is 6.84. The average molecular weight is 296 g/mol. The number of hydrogen-bond acceptors (Lipinski definition) is 3. The molecule has 1 aliphatic rings. The Morgan fingerprint density at radius 2 is 2.25 bits per heavy atom. The maximum absolute atomic E-state index is 12.1. The molecule has 0 radical (unpaired) electrons. The minimum Gasteiger partial charge on any atom is -0.481 e. The molecular weight excluding hydrogens is 276 g/mol. The summed E-state index contributed by atoms with van der Waals surface area (Å²) in [6, 6.07) is 3.94. The maximum atomic E-state index is 12.1. The van der Waals surface area contributed by atoms with Gasteiger partial charge in [0.1, 0.15) is 0 Å². The van der Waals surface area contributed by atoms with E-state index in [9.17, 15) is 9.59 Å². The van der Waals surface area contributed by atoms with E-state index in [2.05, 4.69) is 5.32 Å². The Kier molecular flexibility index (Phi) is 4.65. The van der Waals surface area contributed by atoms with Gasteiger partial charge in [-0.1, -0.05) is 19.9 Å². The molecule has 2 unspecified atom stereocenters. The van der Waals surface area contributed by atoms with Gasteiger partial charge in [0.15, 0.2) is 0 Å². The van der Waals surface area contributed by atoms with Crippen LogP contribution in [0.1, 0.15) is 31.2 Å². The van der Waals surface area contributed by atoms with Crippen molar-refractivity contribution in [2.75, 3.05) is 13.1 Å². The standard InChI is InChI=1S/C14H20N2O3S/c1-3-11(12-5-4-6-20-12)15-14(19)16-7-10(8-16)9(2)13(17)18/h4-6,9-11H,3,7-8H2,1-2H3,(H,15,19)(H,17,18). The van der Waals surface area contributed by atoms with Crippen LogP contribution in [0.25, 0.3) is 0 Å². The lowest BCUT2D eigenvalue weighted by molar-refractivity contribution is -0.144. The summed E-state index contributed by atoms with van der Waals surface area (Å²) in [4.78, 5) is 25.8. The number of carbonyl (C=O) groups excluding carboxylic acids is 1. The fraction of sp³-hybridized carbons (Fsp3) is 0.571. The fourth-order valence-electron chi connectivity index (χ4n) is 2.30. The van der Waals surface area contributed by atoms with Crippen molar-refractivity contribution in [2.24, 2.45) is 11.8 Å². The molecule has 2 amide bonds. The van der Waals surface area contributed by atoms with Crippen LogP contribution < -0.4 is 5.32 Å². The number of likely N-dealkylation sites (tertiary alicyclic amines) is 1. The molecule has 1 fully saturated rings. The number of carboxylic acids is 1. The number of carboxylic acid groups (broad SMARTS) is 1. The van der Waals surface area contributed by atoms with Gasteiger partial charge >= 0.3 is 12.0 Å². The highest BCUT2D eigenvalue weighted by Crippen LogP contribution is 2.26. The Morgan fingerprint density at radius 1 is 1.55 bits per heavy atom. The molecule has 2 atom stereocenters. The Morgan fingerprint density at radius 3 is 2.75 bits per heavy atom. The molecule has 1 aliphatic heterocycles. The van der Waals surface area contributed by atoms with E-state index in [0.717, 1.165) is 11.3 Å². The number of carbonyl (C=O) groups is 2. The Hall–Kier alpha value is -1.56. The van der Waals surface area contributed by atoms with Crippen molar-refractivity contribution in [3.8, 4) is 0 Å². The Labute approximate surface area is 122 Å². The van der Waals surface area contributed by atoms with Crippen molar-refractivity contribution in [1.29, 1.82) is 0 Å². The Balaban J connectivity index is 1.83. The van der Waals surface area contributed by atoms with Crippen LogP contribution in [-0.2, 0) is 4.79 Å². The summed E-state index contributed by atoms with van der Waals surface area (Å²) in [5, 5.41) is 13.9. The smallest absolute Gasteiger partial charge is 0.317 e. The van der Waals surface area contributed by atoms with Gasteiger partial charge < -0.3 is 15.3 Å². The van der Waals surface area contributed by atoms with Crippen LogP contribution in [0.5, 0.6) is 0 Å². The van der Waals surface area contributed by atoms with Gasteiger partial charge in [-0.2, -0.15) is 0 Å². The van der Waals surface area contributed by atoms with Crippen molar-refractivity contribution in [3.63, 3.8) is 0 Å². The van der Waals surface area contributed by atoms with Gasteiger partial charge in [-0.3, -0.25) is 4.79 Å². The molecule has 2 N–H and O–H groups in total. The summed E-state index contributed by atoms with van der Waals surface area (Å²) >= 11 is 1.63.